The molecular formula is C30H24IrN2-2. The van der Waals surface area contributed by atoms with Gasteiger partial charge in [-0.2, -0.15) is 0 Å². The van der Waals surface area contributed by atoms with Crippen LogP contribution in [0.5, 0.6) is 0 Å². The predicted octanol–water partition coefficient (Wildman–Crippen LogP) is 7.38. The molecule has 2 heterocycles. The third-order valence-corrected chi connectivity index (χ3v) is 4.92. The van der Waals surface area contributed by atoms with Crippen molar-refractivity contribution < 1.29 is 24.2 Å². The molecule has 3 aromatic carbocycles. The molecule has 0 bridgehead atoms. The van der Waals surface area contributed by atoms with Gasteiger partial charge in [-0.1, -0.05) is 55.4 Å². The molecule has 1 radical (unpaired) electrons. The Morgan fingerprint density at radius 2 is 1.52 bits per heavy atom. The van der Waals surface area contributed by atoms with Gasteiger partial charge in [0.05, 0.1) is 0 Å². The van der Waals surface area contributed by atoms with Crippen molar-refractivity contribution in [3.8, 4) is 33.6 Å². The molecule has 0 fully saturated rings. The second-order valence-electron chi connectivity index (χ2n) is 7.23. The van der Waals surface area contributed by atoms with Crippen LogP contribution in [0.3, 0.4) is 0 Å². The summed E-state index contributed by atoms with van der Waals surface area (Å²) in [6.07, 6.45) is 3.62. The van der Waals surface area contributed by atoms with Gasteiger partial charge in [-0.3, -0.25) is 0 Å². The van der Waals surface area contributed by atoms with Crippen LogP contribution in [-0.2, 0) is 20.1 Å². The van der Waals surface area contributed by atoms with Crippen molar-refractivity contribution in [2.24, 2.45) is 0 Å². The zero-order chi connectivity index (χ0) is 24.7. The Kier molecular flexibility index (Phi) is 7.36. The molecule has 0 spiro atoms. The van der Waals surface area contributed by atoms with E-state index in [1.54, 1.807) is 24.4 Å². The molecular weight excluding hydrogens is 581 g/mol. The van der Waals surface area contributed by atoms with Crippen molar-refractivity contribution in [1.82, 2.24) is 9.97 Å². The molecule has 165 valence electrons. The number of aromatic nitrogens is 2. The van der Waals surface area contributed by atoms with Crippen molar-refractivity contribution in [2.75, 3.05) is 0 Å². The van der Waals surface area contributed by atoms with Gasteiger partial charge in [0.1, 0.15) is 0 Å². The van der Waals surface area contributed by atoms with E-state index in [1.165, 1.54) is 16.7 Å². The van der Waals surface area contributed by atoms with Crippen molar-refractivity contribution in [1.29, 1.82) is 0 Å². The summed E-state index contributed by atoms with van der Waals surface area (Å²) in [5.74, 6) is 0. The summed E-state index contributed by atoms with van der Waals surface area (Å²) < 4.78 is 22.0. The second kappa shape index (κ2) is 12.0. The first kappa shape index (κ1) is 20.2. The van der Waals surface area contributed by atoms with E-state index in [4.69, 9.17) is 4.11 Å². The summed E-state index contributed by atoms with van der Waals surface area (Å²) in [6, 6.07) is 36.9. The fourth-order valence-electron chi connectivity index (χ4n) is 3.31. The zero-order valence-electron chi connectivity index (χ0n) is 21.1. The predicted molar refractivity (Wildman–Crippen MR) is 132 cm³/mol. The quantitative estimate of drug-likeness (QED) is 0.200. The van der Waals surface area contributed by atoms with E-state index in [2.05, 4.69) is 47.2 Å². The molecule has 0 aliphatic carbocycles. The van der Waals surface area contributed by atoms with Crippen LogP contribution in [0.15, 0.2) is 109 Å². The standard InChI is InChI=1S/C18H14N.C12H10N.Ir/c1-14-12-18(16-10-6-3-7-11-16)19-13-17(14)15-8-4-2-5-9-15;1-10-5-4-6-11(9-10)12-7-2-3-8-13-12;/h2-10,12-13H,1H3;2-5,7-9H,1H3;/q2*-1;/i;1D3;. The third kappa shape index (κ3) is 6.55. The average Bonchev–Trinajstić information content (AvgIpc) is 2.90. The third-order valence-electron chi connectivity index (χ3n) is 4.92. The maximum atomic E-state index is 7.33. The zero-order valence-corrected chi connectivity index (χ0v) is 20.5. The first-order valence-corrected chi connectivity index (χ1v) is 10.3. The van der Waals surface area contributed by atoms with Crippen molar-refractivity contribution >= 4 is 0 Å². The van der Waals surface area contributed by atoms with Gasteiger partial charge >= 0.3 is 0 Å². The van der Waals surface area contributed by atoms with Crippen LogP contribution >= 0.6 is 0 Å². The van der Waals surface area contributed by atoms with Crippen LogP contribution in [0.2, 0.25) is 0 Å². The molecule has 0 saturated carbocycles. The monoisotopic (exact) mass is 608 g/mol. The molecule has 2 aromatic heterocycles. The molecule has 0 aliphatic heterocycles. The Balaban J connectivity index is 0.000000198. The Hall–Kier alpha value is -3.39. The average molecular weight is 608 g/mol. The first-order chi connectivity index (χ1) is 16.9. The maximum absolute atomic E-state index is 7.33. The summed E-state index contributed by atoms with van der Waals surface area (Å²) in [5, 5.41) is 0. The maximum Gasteiger partial charge on any atom is 0.0263 e. The molecule has 0 amide bonds. The van der Waals surface area contributed by atoms with Crippen molar-refractivity contribution in [2.45, 2.75) is 13.8 Å². The van der Waals surface area contributed by atoms with Crippen LogP contribution in [0.1, 0.15) is 15.2 Å². The number of rotatable bonds is 3. The molecule has 0 atom stereocenters. The molecule has 3 heteroatoms. The number of pyridine rings is 2. The summed E-state index contributed by atoms with van der Waals surface area (Å²) in [5.41, 5.74) is 7.36. The summed E-state index contributed by atoms with van der Waals surface area (Å²) in [7, 11) is 0. The van der Waals surface area contributed by atoms with E-state index in [0.29, 0.717) is 11.1 Å². The topological polar surface area (TPSA) is 25.8 Å². The number of aryl methyl sites for hydroxylation is 2. The van der Waals surface area contributed by atoms with E-state index >= 15 is 0 Å². The van der Waals surface area contributed by atoms with Crippen molar-refractivity contribution in [3.63, 3.8) is 0 Å². The molecule has 33 heavy (non-hydrogen) atoms. The Morgan fingerprint density at radius 3 is 2.21 bits per heavy atom. The summed E-state index contributed by atoms with van der Waals surface area (Å²) in [6.45, 7) is 0.0368. The fourth-order valence-corrected chi connectivity index (χ4v) is 3.31. The summed E-state index contributed by atoms with van der Waals surface area (Å²) >= 11 is 0. The molecule has 0 saturated heterocycles. The molecule has 2 nitrogen and oxygen atoms in total. The Labute approximate surface area is 214 Å². The number of hydrogen-bond donors (Lipinski definition) is 0. The number of nitrogens with zero attached hydrogens (tertiary/aromatic N) is 2. The van der Waals surface area contributed by atoms with Crippen LogP contribution < -0.4 is 0 Å². The molecule has 0 N–H and O–H groups in total. The van der Waals surface area contributed by atoms with Gasteiger partial charge in [-0.05, 0) is 35.5 Å². The van der Waals surface area contributed by atoms with E-state index in [1.807, 2.05) is 66.9 Å². The van der Waals surface area contributed by atoms with Crippen molar-refractivity contribution in [3.05, 3.63) is 133 Å². The molecule has 0 unspecified atom stereocenters. The van der Waals surface area contributed by atoms with E-state index in [0.717, 1.165) is 17.0 Å². The fraction of sp³-hybridized carbons (Fsp3) is 0.0667. The van der Waals surface area contributed by atoms with Crippen LogP contribution in [0, 0.1) is 25.9 Å². The largest absolute Gasteiger partial charge is 0.305 e. The smallest absolute Gasteiger partial charge is 0.0263 e. The second-order valence-corrected chi connectivity index (χ2v) is 7.23. The number of hydrogen-bond acceptors (Lipinski definition) is 2. The normalized spacial score (nSPS) is 11.6. The van der Waals surface area contributed by atoms with Crippen LogP contribution in [0.4, 0.5) is 0 Å². The van der Waals surface area contributed by atoms with Gasteiger partial charge in [0, 0.05) is 42.2 Å². The minimum Gasteiger partial charge on any atom is -0.305 e. The molecule has 0 aliphatic rings. The molecule has 5 aromatic rings. The minimum absolute atomic E-state index is 0. The first-order valence-electron chi connectivity index (χ1n) is 11.8. The van der Waals surface area contributed by atoms with Gasteiger partial charge < -0.3 is 9.97 Å². The number of benzene rings is 3. The SMILES string of the molecule is Cc1cc(-c2[c-]cccc2)ncc1-c1ccccc1.[2H]C([2H])([2H])c1cc[c-]c(-c2ccccn2)c1.[Ir]. The van der Waals surface area contributed by atoms with Gasteiger partial charge in [0.25, 0.3) is 0 Å². The van der Waals surface area contributed by atoms with E-state index < -0.39 is 6.85 Å². The van der Waals surface area contributed by atoms with Gasteiger partial charge in [0.15, 0.2) is 0 Å². The van der Waals surface area contributed by atoms with Crippen LogP contribution in [-0.4, -0.2) is 9.97 Å². The van der Waals surface area contributed by atoms with Gasteiger partial charge in [-0.15, -0.1) is 71.3 Å². The van der Waals surface area contributed by atoms with Crippen LogP contribution in [0.25, 0.3) is 33.6 Å². The Bertz CT molecular complexity index is 1370. The minimum atomic E-state index is -2.08. The van der Waals surface area contributed by atoms with E-state index in [9.17, 15) is 0 Å². The molecule has 5 rings (SSSR count). The van der Waals surface area contributed by atoms with E-state index in [-0.39, 0.29) is 20.1 Å². The Morgan fingerprint density at radius 1 is 0.727 bits per heavy atom. The van der Waals surface area contributed by atoms with Gasteiger partial charge in [0.2, 0.25) is 0 Å². The van der Waals surface area contributed by atoms with Gasteiger partial charge in [-0.25, -0.2) is 0 Å². The summed E-state index contributed by atoms with van der Waals surface area (Å²) in [4.78, 5) is 8.71.